The van der Waals surface area contributed by atoms with Crippen LogP contribution in [0.5, 0.6) is 0 Å². The van der Waals surface area contributed by atoms with E-state index in [-0.39, 0.29) is 30.8 Å². The molecule has 1 heterocycles. The molecule has 0 saturated carbocycles. The Morgan fingerprint density at radius 1 is 0.917 bits per heavy atom. The number of carbonyl (C=O) groups excluding carboxylic acids is 5. The number of unbranched alkanes of at least 4 members (excludes halogenated alkanes) is 3. The number of esters is 1. The highest BCUT2D eigenvalue weighted by atomic mass is 16.6. The molecule has 2 amide bonds. The molecule has 1 aliphatic rings. The van der Waals surface area contributed by atoms with E-state index in [1.165, 1.54) is 6.08 Å². The number of allylic oxidation sites excluding steroid dienone is 1. The molecule has 4 rings (SSSR count). The summed E-state index contributed by atoms with van der Waals surface area (Å²) in [7, 11) is 0. The number of rotatable bonds is 16. The third-order valence-electron chi connectivity index (χ3n) is 8.42. The summed E-state index contributed by atoms with van der Waals surface area (Å²) in [4.78, 5) is 69.0. The van der Waals surface area contributed by atoms with Gasteiger partial charge in [0.1, 0.15) is 6.10 Å². The lowest BCUT2D eigenvalue weighted by atomic mass is 9.87. The summed E-state index contributed by atoms with van der Waals surface area (Å²) in [6.07, 6.45) is 0.798. The van der Waals surface area contributed by atoms with Crippen molar-refractivity contribution in [2.45, 2.75) is 77.5 Å². The van der Waals surface area contributed by atoms with Crippen LogP contribution in [0.1, 0.15) is 74.3 Å². The van der Waals surface area contributed by atoms with E-state index in [1.807, 2.05) is 37.3 Å². The minimum Gasteiger partial charge on any atom is -0.453 e. The number of ether oxygens (including phenoxy) is 2. The third-order valence-corrected chi connectivity index (χ3v) is 8.42. The van der Waals surface area contributed by atoms with E-state index in [1.54, 1.807) is 61.5 Å². The standard InChI is InChI=1S/C39H43NO8/c1-26-15-14-20-31(23-26)32(34(43)21-12-4-5-13-22-41)25-35(44)37(47-28(3)42)33(24-29-16-8-6-9-17-29)38(45)40-27(2)36(48-39(40)46)30-18-10-7-11-19-30/h6-11,14-20,23,25,27,33,36-37,41H,4-5,12-13,21-22,24H2,1-3H3/t27-,33-,36-,37-/m0/s1. The Bertz CT molecular complexity index is 1620. The van der Waals surface area contributed by atoms with E-state index in [9.17, 15) is 24.0 Å². The average molecular weight is 654 g/mol. The molecular formula is C39H43NO8. The van der Waals surface area contributed by atoms with Gasteiger partial charge in [-0.25, -0.2) is 9.69 Å². The number of ketones is 2. The van der Waals surface area contributed by atoms with Crippen LogP contribution in [-0.4, -0.2) is 58.3 Å². The number of imide groups is 1. The highest BCUT2D eigenvalue weighted by Gasteiger charge is 2.48. The van der Waals surface area contributed by atoms with E-state index in [0.29, 0.717) is 29.5 Å². The van der Waals surface area contributed by atoms with Crippen LogP contribution < -0.4 is 0 Å². The van der Waals surface area contributed by atoms with Crippen molar-refractivity contribution in [3.63, 3.8) is 0 Å². The highest BCUT2D eigenvalue weighted by Crippen LogP contribution is 2.35. The summed E-state index contributed by atoms with van der Waals surface area (Å²) in [5.74, 6) is -3.84. The predicted octanol–water partition coefficient (Wildman–Crippen LogP) is 6.36. The lowest BCUT2D eigenvalue weighted by Gasteiger charge is -2.29. The molecule has 0 radical (unpaired) electrons. The minimum atomic E-state index is -1.64. The Balaban J connectivity index is 1.73. The smallest absolute Gasteiger partial charge is 0.417 e. The monoisotopic (exact) mass is 653 g/mol. The Kier molecular flexibility index (Phi) is 13.0. The molecule has 0 bridgehead atoms. The van der Waals surface area contributed by atoms with Crippen molar-refractivity contribution < 1.29 is 38.6 Å². The van der Waals surface area contributed by atoms with Crippen LogP contribution in [-0.2, 0) is 35.1 Å². The van der Waals surface area contributed by atoms with Crippen molar-refractivity contribution in [3.05, 3.63) is 113 Å². The largest absolute Gasteiger partial charge is 0.453 e. The van der Waals surface area contributed by atoms with Crippen molar-refractivity contribution >= 4 is 35.1 Å². The van der Waals surface area contributed by atoms with Crippen molar-refractivity contribution in [2.24, 2.45) is 5.92 Å². The molecule has 1 aliphatic heterocycles. The summed E-state index contributed by atoms with van der Waals surface area (Å²) >= 11 is 0. The normalized spacial score (nSPS) is 17.4. The van der Waals surface area contributed by atoms with E-state index in [4.69, 9.17) is 14.6 Å². The first kappa shape index (κ1) is 36.0. The summed E-state index contributed by atoms with van der Waals surface area (Å²) in [5.41, 5.74) is 2.94. The highest BCUT2D eigenvalue weighted by molar-refractivity contribution is 6.25. The van der Waals surface area contributed by atoms with E-state index >= 15 is 0 Å². The number of hydrogen-bond donors (Lipinski definition) is 1. The summed E-state index contributed by atoms with van der Waals surface area (Å²) in [6.45, 7) is 4.79. The lowest BCUT2D eigenvalue weighted by Crippen LogP contribution is -2.49. The molecule has 4 atom stereocenters. The second kappa shape index (κ2) is 17.3. The van der Waals surface area contributed by atoms with Gasteiger partial charge in [0.25, 0.3) is 0 Å². The first-order valence-electron chi connectivity index (χ1n) is 16.4. The average Bonchev–Trinajstić information content (AvgIpc) is 3.38. The van der Waals surface area contributed by atoms with Gasteiger partial charge in [0.15, 0.2) is 17.7 Å². The molecular weight excluding hydrogens is 610 g/mol. The molecule has 3 aromatic rings. The number of nitrogens with zero attached hydrogens (tertiary/aromatic N) is 1. The molecule has 0 aliphatic carbocycles. The summed E-state index contributed by atoms with van der Waals surface area (Å²) in [6, 6.07) is 24.5. The zero-order valence-electron chi connectivity index (χ0n) is 27.7. The summed E-state index contributed by atoms with van der Waals surface area (Å²) in [5, 5.41) is 9.09. The Labute approximate surface area is 281 Å². The van der Waals surface area contributed by atoms with Crippen LogP contribution in [0.3, 0.4) is 0 Å². The number of cyclic esters (lactones) is 1. The fourth-order valence-electron chi connectivity index (χ4n) is 5.98. The van der Waals surface area contributed by atoms with Gasteiger partial charge in [-0.05, 0) is 55.9 Å². The first-order valence-corrected chi connectivity index (χ1v) is 16.4. The number of aliphatic hydroxyl groups is 1. The minimum absolute atomic E-state index is 0.0255. The second-order valence-electron chi connectivity index (χ2n) is 12.1. The maximum absolute atomic E-state index is 14.4. The van der Waals surface area contributed by atoms with Gasteiger partial charge in [-0.1, -0.05) is 103 Å². The number of carbonyl (C=O) groups is 5. The van der Waals surface area contributed by atoms with Crippen molar-refractivity contribution in [1.82, 2.24) is 4.90 Å². The first-order chi connectivity index (χ1) is 23.1. The molecule has 1 fully saturated rings. The number of amides is 2. The molecule has 3 aromatic carbocycles. The van der Waals surface area contributed by atoms with Crippen LogP contribution in [0.4, 0.5) is 4.79 Å². The van der Waals surface area contributed by atoms with Crippen molar-refractivity contribution in [1.29, 1.82) is 0 Å². The molecule has 0 aromatic heterocycles. The van der Waals surface area contributed by atoms with E-state index in [2.05, 4.69) is 0 Å². The second-order valence-corrected chi connectivity index (χ2v) is 12.1. The molecule has 0 unspecified atom stereocenters. The fourth-order valence-corrected chi connectivity index (χ4v) is 5.98. The van der Waals surface area contributed by atoms with Crippen LogP contribution in [0.25, 0.3) is 5.57 Å². The maximum atomic E-state index is 14.4. The fraction of sp³-hybridized carbons (Fsp3) is 0.359. The number of aliphatic hydroxyl groups excluding tert-OH is 1. The lowest BCUT2D eigenvalue weighted by molar-refractivity contribution is -0.158. The molecule has 48 heavy (non-hydrogen) atoms. The molecule has 9 nitrogen and oxygen atoms in total. The zero-order chi connectivity index (χ0) is 34.6. The maximum Gasteiger partial charge on any atom is 0.417 e. The van der Waals surface area contributed by atoms with Crippen LogP contribution in [0.2, 0.25) is 0 Å². The third kappa shape index (κ3) is 9.35. The Hall–Kier alpha value is -4.89. The molecule has 0 spiro atoms. The SMILES string of the molecule is CC(=O)O[C@H](C(=O)C=C(C(=O)CCCCCCO)c1cccc(C)c1)[C@H](Cc1ccccc1)C(=O)N1C(=O)O[C@H](c2ccccc2)[C@@H]1C. The van der Waals surface area contributed by atoms with Crippen LogP contribution in [0.15, 0.2) is 91.0 Å². The number of aryl methyl sites for hydroxylation is 1. The summed E-state index contributed by atoms with van der Waals surface area (Å²) < 4.78 is 11.3. The van der Waals surface area contributed by atoms with Gasteiger partial charge in [-0.2, -0.15) is 0 Å². The van der Waals surface area contributed by atoms with Crippen molar-refractivity contribution in [3.8, 4) is 0 Å². The quantitative estimate of drug-likeness (QED) is 0.108. The number of benzene rings is 3. The molecule has 252 valence electrons. The molecule has 1 saturated heterocycles. The van der Waals surface area contributed by atoms with Gasteiger partial charge >= 0.3 is 12.1 Å². The van der Waals surface area contributed by atoms with Gasteiger partial charge in [0.05, 0.1) is 12.0 Å². The van der Waals surface area contributed by atoms with E-state index in [0.717, 1.165) is 30.2 Å². The van der Waals surface area contributed by atoms with E-state index < -0.39 is 47.9 Å². The van der Waals surface area contributed by atoms with Crippen LogP contribution >= 0.6 is 0 Å². The molecule has 9 heteroatoms. The van der Waals surface area contributed by atoms with Gasteiger partial charge in [-0.3, -0.25) is 19.2 Å². The zero-order valence-corrected chi connectivity index (χ0v) is 27.7. The predicted molar refractivity (Wildman–Crippen MR) is 181 cm³/mol. The van der Waals surface area contributed by atoms with Gasteiger partial charge < -0.3 is 14.6 Å². The Morgan fingerprint density at radius 2 is 1.58 bits per heavy atom. The number of hydrogen-bond acceptors (Lipinski definition) is 8. The Morgan fingerprint density at radius 3 is 2.23 bits per heavy atom. The topological polar surface area (TPSA) is 127 Å². The van der Waals surface area contributed by atoms with Gasteiger partial charge in [0.2, 0.25) is 5.91 Å². The van der Waals surface area contributed by atoms with Gasteiger partial charge in [0, 0.05) is 25.5 Å². The number of Topliss-reactive ketones (excluding diaryl/α,β-unsaturated/α-hetero) is 1. The molecule has 1 N–H and O–H groups in total. The van der Waals surface area contributed by atoms with Gasteiger partial charge in [-0.15, -0.1) is 0 Å². The van der Waals surface area contributed by atoms with Crippen LogP contribution in [0, 0.1) is 12.8 Å². The van der Waals surface area contributed by atoms with Crippen molar-refractivity contribution in [2.75, 3.05) is 6.61 Å².